The third-order valence-electron chi connectivity index (χ3n) is 2.71. The summed E-state index contributed by atoms with van der Waals surface area (Å²) in [6.07, 6.45) is 0.929. The van der Waals surface area contributed by atoms with Gasteiger partial charge in [-0.1, -0.05) is 19.1 Å². The molecule has 2 nitrogen and oxygen atoms in total. The fourth-order valence-corrected chi connectivity index (χ4v) is 1.53. The van der Waals surface area contributed by atoms with Gasteiger partial charge in [-0.15, -0.1) is 0 Å². The smallest absolute Gasteiger partial charge is 0.126 e. The number of rotatable bonds is 6. The number of nitrogens with two attached hydrogens (primary N) is 1. The van der Waals surface area contributed by atoms with Gasteiger partial charge in [0, 0.05) is 0 Å². The van der Waals surface area contributed by atoms with Gasteiger partial charge in [0.05, 0.1) is 0 Å². The van der Waals surface area contributed by atoms with Crippen LogP contribution < -0.4 is 11.1 Å². The maximum Gasteiger partial charge on any atom is 0.126 e. The maximum atomic E-state index is 13.0. The van der Waals surface area contributed by atoms with Gasteiger partial charge in [-0.05, 0) is 56.1 Å². The van der Waals surface area contributed by atoms with E-state index in [0.29, 0.717) is 18.0 Å². The van der Waals surface area contributed by atoms with Crippen LogP contribution in [0.5, 0.6) is 0 Å². The van der Waals surface area contributed by atoms with Crippen LogP contribution in [0.1, 0.15) is 18.1 Å². The Morgan fingerprint density at radius 1 is 1.44 bits per heavy atom. The molecule has 1 rings (SSSR count). The Hall–Kier alpha value is -0.930. The highest BCUT2D eigenvalue weighted by Crippen LogP contribution is 2.09. The zero-order chi connectivity index (χ0) is 12.0. The lowest BCUT2D eigenvalue weighted by atomic mass is 10.1. The number of aryl methyl sites for hydroxylation is 1. The van der Waals surface area contributed by atoms with Gasteiger partial charge in [0.2, 0.25) is 0 Å². The molecule has 3 N–H and O–H groups in total. The Balaban J connectivity index is 2.29. The largest absolute Gasteiger partial charge is 0.330 e. The Morgan fingerprint density at radius 3 is 2.81 bits per heavy atom. The van der Waals surface area contributed by atoms with Crippen molar-refractivity contribution in [1.29, 1.82) is 0 Å². The van der Waals surface area contributed by atoms with Crippen molar-refractivity contribution in [3.63, 3.8) is 0 Å². The fourth-order valence-electron chi connectivity index (χ4n) is 1.53. The topological polar surface area (TPSA) is 38.0 Å². The van der Waals surface area contributed by atoms with Crippen LogP contribution in [0, 0.1) is 18.7 Å². The molecule has 3 heteroatoms. The van der Waals surface area contributed by atoms with Crippen LogP contribution in [-0.2, 0) is 6.42 Å². The molecule has 1 unspecified atom stereocenters. The summed E-state index contributed by atoms with van der Waals surface area (Å²) < 4.78 is 13.0. The van der Waals surface area contributed by atoms with Crippen LogP contribution in [0.3, 0.4) is 0 Å². The lowest BCUT2D eigenvalue weighted by molar-refractivity contribution is 0.524. The van der Waals surface area contributed by atoms with Crippen LogP contribution in [0.2, 0.25) is 0 Å². The van der Waals surface area contributed by atoms with Crippen LogP contribution in [0.15, 0.2) is 18.2 Å². The molecule has 0 bridgehead atoms. The van der Waals surface area contributed by atoms with Gasteiger partial charge < -0.3 is 11.1 Å². The number of hydrogen-bond acceptors (Lipinski definition) is 2. The first-order valence-electron chi connectivity index (χ1n) is 5.79. The molecule has 0 spiro atoms. The van der Waals surface area contributed by atoms with Crippen molar-refractivity contribution in [3.8, 4) is 0 Å². The Morgan fingerprint density at radius 2 is 2.19 bits per heavy atom. The average molecular weight is 224 g/mol. The van der Waals surface area contributed by atoms with Gasteiger partial charge in [0.1, 0.15) is 5.82 Å². The van der Waals surface area contributed by atoms with E-state index in [9.17, 15) is 4.39 Å². The van der Waals surface area contributed by atoms with Gasteiger partial charge in [0.25, 0.3) is 0 Å². The second kappa shape index (κ2) is 6.61. The van der Waals surface area contributed by atoms with Crippen LogP contribution in [0.25, 0.3) is 0 Å². The maximum absolute atomic E-state index is 13.0. The van der Waals surface area contributed by atoms with Crippen molar-refractivity contribution in [3.05, 3.63) is 35.1 Å². The van der Waals surface area contributed by atoms with Crippen molar-refractivity contribution in [1.82, 2.24) is 5.32 Å². The van der Waals surface area contributed by atoms with Crippen molar-refractivity contribution >= 4 is 0 Å². The van der Waals surface area contributed by atoms with E-state index in [1.54, 1.807) is 6.92 Å². The number of nitrogens with one attached hydrogen (secondary N) is 1. The zero-order valence-electron chi connectivity index (χ0n) is 10.1. The van der Waals surface area contributed by atoms with Gasteiger partial charge in [-0.2, -0.15) is 0 Å². The molecule has 0 amide bonds. The SMILES string of the molecule is Cc1cc(CCNCC(C)CN)ccc1F. The van der Waals surface area contributed by atoms with E-state index in [1.807, 2.05) is 12.1 Å². The summed E-state index contributed by atoms with van der Waals surface area (Å²) in [5.74, 6) is 0.378. The molecule has 0 fully saturated rings. The van der Waals surface area contributed by atoms with Crippen LogP contribution in [-0.4, -0.2) is 19.6 Å². The first kappa shape index (κ1) is 13.1. The van der Waals surface area contributed by atoms with E-state index in [0.717, 1.165) is 19.5 Å². The molecule has 0 aromatic heterocycles. The highest BCUT2D eigenvalue weighted by Gasteiger charge is 2.00. The van der Waals surface area contributed by atoms with E-state index in [-0.39, 0.29) is 5.82 Å². The molecule has 0 heterocycles. The van der Waals surface area contributed by atoms with Crippen molar-refractivity contribution in [2.75, 3.05) is 19.6 Å². The van der Waals surface area contributed by atoms with E-state index < -0.39 is 0 Å². The predicted molar refractivity (Wildman–Crippen MR) is 65.9 cm³/mol. The van der Waals surface area contributed by atoms with Crippen molar-refractivity contribution in [2.45, 2.75) is 20.3 Å². The molecule has 0 saturated carbocycles. The number of hydrogen-bond donors (Lipinski definition) is 2. The van der Waals surface area contributed by atoms with Gasteiger partial charge in [-0.25, -0.2) is 4.39 Å². The lowest BCUT2D eigenvalue weighted by Crippen LogP contribution is -2.27. The van der Waals surface area contributed by atoms with E-state index in [2.05, 4.69) is 12.2 Å². The molecule has 0 saturated heterocycles. The standard InChI is InChI=1S/C13H21FN2/c1-10(8-15)9-16-6-5-12-3-4-13(14)11(2)7-12/h3-4,7,10,16H,5-6,8-9,15H2,1-2H3. The third-order valence-corrected chi connectivity index (χ3v) is 2.71. The summed E-state index contributed by atoms with van der Waals surface area (Å²) in [5, 5.41) is 3.34. The molecule has 16 heavy (non-hydrogen) atoms. The lowest BCUT2D eigenvalue weighted by Gasteiger charge is -2.10. The highest BCUT2D eigenvalue weighted by molar-refractivity contribution is 5.24. The quantitative estimate of drug-likeness (QED) is 0.724. The van der Waals surface area contributed by atoms with E-state index in [4.69, 9.17) is 5.73 Å². The summed E-state index contributed by atoms with van der Waals surface area (Å²) >= 11 is 0. The van der Waals surface area contributed by atoms with Gasteiger partial charge in [0.15, 0.2) is 0 Å². The van der Waals surface area contributed by atoms with E-state index >= 15 is 0 Å². The second-order valence-corrected chi connectivity index (χ2v) is 4.38. The summed E-state index contributed by atoms with van der Waals surface area (Å²) in [6.45, 7) is 6.48. The molecule has 90 valence electrons. The normalized spacial score (nSPS) is 12.8. The highest BCUT2D eigenvalue weighted by atomic mass is 19.1. The van der Waals surface area contributed by atoms with E-state index in [1.165, 1.54) is 11.6 Å². The average Bonchev–Trinajstić information content (AvgIpc) is 2.28. The van der Waals surface area contributed by atoms with Crippen LogP contribution >= 0.6 is 0 Å². The summed E-state index contributed by atoms with van der Waals surface area (Å²) in [6, 6.07) is 5.28. The number of benzene rings is 1. The summed E-state index contributed by atoms with van der Waals surface area (Å²) in [7, 11) is 0. The molecular weight excluding hydrogens is 203 g/mol. The Bertz CT molecular complexity index is 326. The minimum Gasteiger partial charge on any atom is -0.330 e. The molecular formula is C13H21FN2. The molecule has 0 aliphatic heterocycles. The Labute approximate surface area is 97.0 Å². The van der Waals surface area contributed by atoms with Gasteiger partial charge in [-0.3, -0.25) is 0 Å². The minimum absolute atomic E-state index is 0.131. The molecule has 1 atom stereocenters. The zero-order valence-corrected chi connectivity index (χ0v) is 10.1. The van der Waals surface area contributed by atoms with Crippen molar-refractivity contribution < 1.29 is 4.39 Å². The molecule has 1 aromatic rings. The second-order valence-electron chi connectivity index (χ2n) is 4.38. The molecule has 0 aliphatic carbocycles. The van der Waals surface area contributed by atoms with Crippen LogP contribution in [0.4, 0.5) is 4.39 Å². The number of halogens is 1. The first-order chi connectivity index (χ1) is 7.63. The first-order valence-corrected chi connectivity index (χ1v) is 5.79. The summed E-state index contributed by atoms with van der Waals surface area (Å²) in [4.78, 5) is 0. The molecule has 0 aliphatic rings. The molecule has 0 radical (unpaired) electrons. The summed E-state index contributed by atoms with van der Waals surface area (Å²) in [5.41, 5.74) is 7.41. The monoisotopic (exact) mass is 224 g/mol. The molecule has 1 aromatic carbocycles. The van der Waals surface area contributed by atoms with Gasteiger partial charge >= 0.3 is 0 Å². The fraction of sp³-hybridized carbons (Fsp3) is 0.538. The third kappa shape index (κ3) is 4.29. The Kier molecular flexibility index (Phi) is 5.43. The predicted octanol–water partition coefficient (Wildman–Crippen LogP) is 1.86. The van der Waals surface area contributed by atoms with Crippen molar-refractivity contribution in [2.24, 2.45) is 11.7 Å². The minimum atomic E-state index is -0.131.